The highest BCUT2D eigenvalue weighted by Crippen LogP contribution is 2.33. The van der Waals surface area contributed by atoms with E-state index in [0.29, 0.717) is 23.7 Å². The highest BCUT2D eigenvalue weighted by atomic mass is 16.5. The van der Waals surface area contributed by atoms with Crippen LogP contribution in [-0.2, 0) is 6.42 Å². The van der Waals surface area contributed by atoms with Gasteiger partial charge in [0.2, 0.25) is 0 Å². The summed E-state index contributed by atoms with van der Waals surface area (Å²) in [6.07, 6.45) is 2.97. The number of para-hydroxylation sites is 1. The first-order chi connectivity index (χ1) is 11.7. The zero-order valence-corrected chi connectivity index (χ0v) is 14.2. The number of ether oxygens (including phenoxy) is 2. The normalized spacial score (nSPS) is 10.1. The van der Waals surface area contributed by atoms with Crippen molar-refractivity contribution in [2.45, 2.75) is 19.3 Å². The minimum absolute atomic E-state index is 0.266. The van der Waals surface area contributed by atoms with Gasteiger partial charge in [0.1, 0.15) is 17.2 Å². The number of carbonyl (C=O) groups excluding carboxylic acids is 1. The quantitative estimate of drug-likeness (QED) is 0.724. The number of anilines is 1. The van der Waals surface area contributed by atoms with Gasteiger partial charge in [-0.25, -0.2) is 4.79 Å². The van der Waals surface area contributed by atoms with Gasteiger partial charge in [0.05, 0.1) is 14.2 Å². The van der Waals surface area contributed by atoms with Gasteiger partial charge in [-0.15, -0.1) is 0 Å². The third-order valence-electron chi connectivity index (χ3n) is 3.69. The van der Waals surface area contributed by atoms with E-state index in [0.717, 1.165) is 19.3 Å². The van der Waals surface area contributed by atoms with Crippen LogP contribution in [0.5, 0.6) is 11.5 Å². The molecule has 0 aliphatic rings. The molecule has 2 aromatic rings. The second-order valence-electron chi connectivity index (χ2n) is 5.36. The summed E-state index contributed by atoms with van der Waals surface area (Å²) in [5.74, 6) is 1.13. The van der Waals surface area contributed by atoms with E-state index in [4.69, 9.17) is 9.47 Å². The molecule has 0 radical (unpaired) electrons. The summed E-state index contributed by atoms with van der Waals surface area (Å²) in [5.41, 5.74) is 1.85. The molecule has 5 heteroatoms. The van der Waals surface area contributed by atoms with Crippen LogP contribution in [0.4, 0.5) is 10.5 Å². The van der Waals surface area contributed by atoms with Crippen LogP contribution in [0.3, 0.4) is 0 Å². The molecule has 5 nitrogen and oxygen atoms in total. The first kappa shape index (κ1) is 17.7. The number of nitrogens with one attached hydrogen (secondary N) is 2. The highest BCUT2D eigenvalue weighted by Gasteiger charge is 2.12. The minimum atomic E-state index is -0.266. The molecule has 0 saturated heterocycles. The standard InChI is InChI=1S/C19H24N2O3/c1-23-16-12-8-13-17(24-2)18(16)21-19(22)20-14-7-6-11-15-9-4-3-5-10-15/h3-5,8-10,12-13H,6-7,11,14H2,1-2H3,(H2,20,21,22). The molecule has 2 aromatic carbocycles. The Labute approximate surface area is 143 Å². The van der Waals surface area contributed by atoms with Crippen molar-refractivity contribution in [1.82, 2.24) is 5.32 Å². The van der Waals surface area contributed by atoms with E-state index in [1.165, 1.54) is 5.56 Å². The molecule has 0 heterocycles. The number of methoxy groups -OCH3 is 2. The average Bonchev–Trinajstić information content (AvgIpc) is 2.62. The molecule has 0 aliphatic carbocycles. The van der Waals surface area contributed by atoms with Crippen molar-refractivity contribution >= 4 is 11.7 Å². The Morgan fingerprint density at radius 1 is 0.917 bits per heavy atom. The Morgan fingerprint density at radius 2 is 1.58 bits per heavy atom. The van der Waals surface area contributed by atoms with E-state index in [2.05, 4.69) is 22.8 Å². The van der Waals surface area contributed by atoms with Crippen LogP contribution in [0.1, 0.15) is 18.4 Å². The molecule has 0 fully saturated rings. The van der Waals surface area contributed by atoms with Crippen molar-refractivity contribution in [3.8, 4) is 11.5 Å². The Morgan fingerprint density at radius 3 is 2.21 bits per heavy atom. The van der Waals surface area contributed by atoms with Crippen LogP contribution < -0.4 is 20.1 Å². The zero-order valence-electron chi connectivity index (χ0n) is 14.2. The van der Waals surface area contributed by atoms with Crippen LogP contribution in [-0.4, -0.2) is 26.8 Å². The number of hydrogen-bond acceptors (Lipinski definition) is 3. The summed E-state index contributed by atoms with van der Waals surface area (Å²) < 4.78 is 10.5. The number of amides is 2. The second-order valence-corrected chi connectivity index (χ2v) is 5.36. The van der Waals surface area contributed by atoms with Crippen molar-refractivity contribution in [1.29, 1.82) is 0 Å². The number of urea groups is 1. The van der Waals surface area contributed by atoms with E-state index in [1.807, 2.05) is 24.3 Å². The molecule has 128 valence electrons. The van der Waals surface area contributed by atoms with Gasteiger partial charge in [0, 0.05) is 6.54 Å². The molecule has 2 N–H and O–H groups in total. The minimum Gasteiger partial charge on any atom is -0.494 e. The van der Waals surface area contributed by atoms with Crippen LogP contribution in [0, 0.1) is 0 Å². The third-order valence-corrected chi connectivity index (χ3v) is 3.69. The van der Waals surface area contributed by atoms with Gasteiger partial charge in [-0.1, -0.05) is 36.4 Å². The van der Waals surface area contributed by atoms with Crippen molar-refractivity contribution in [2.24, 2.45) is 0 Å². The number of carbonyl (C=O) groups is 1. The van der Waals surface area contributed by atoms with Gasteiger partial charge in [-0.2, -0.15) is 0 Å². The Hall–Kier alpha value is -2.69. The molecule has 24 heavy (non-hydrogen) atoms. The molecular formula is C19H24N2O3. The molecule has 2 rings (SSSR count). The average molecular weight is 328 g/mol. The van der Waals surface area contributed by atoms with Crippen molar-refractivity contribution in [3.63, 3.8) is 0 Å². The van der Waals surface area contributed by atoms with Gasteiger partial charge in [0.25, 0.3) is 0 Å². The van der Waals surface area contributed by atoms with E-state index < -0.39 is 0 Å². The molecule has 0 aliphatic heterocycles. The van der Waals surface area contributed by atoms with E-state index >= 15 is 0 Å². The number of hydrogen-bond donors (Lipinski definition) is 2. The predicted molar refractivity (Wildman–Crippen MR) is 95.9 cm³/mol. The Balaban J connectivity index is 1.76. The fraction of sp³-hybridized carbons (Fsp3) is 0.316. The maximum absolute atomic E-state index is 12.0. The Kier molecular flexibility index (Phi) is 6.95. The summed E-state index contributed by atoms with van der Waals surface area (Å²) in [6.45, 7) is 0.621. The van der Waals surface area contributed by atoms with Crippen LogP contribution in [0.25, 0.3) is 0 Å². The maximum Gasteiger partial charge on any atom is 0.319 e. The fourth-order valence-corrected chi connectivity index (χ4v) is 2.43. The molecule has 0 saturated carbocycles. The van der Waals surface area contributed by atoms with Gasteiger partial charge < -0.3 is 20.1 Å². The van der Waals surface area contributed by atoms with Crippen LogP contribution in [0.2, 0.25) is 0 Å². The fourth-order valence-electron chi connectivity index (χ4n) is 2.43. The lowest BCUT2D eigenvalue weighted by Gasteiger charge is -2.14. The summed E-state index contributed by atoms with van der Waals surface area (Å²) >= 11 is 0. The van der Waals surface area contributed by atoms with Gasteiger partial charge in [-0.05, 0) is 37.0 Å². The predicted octanol–water partition coefficient (Wildman–Crippen LogP) is 3.85. The third kappa shape index (κ3) is 5.19. The zero-order chi connectivity index (χ0) is 17.2. The molecule has 0 atom stereocenters. The van der Waals surface area contributed by atoms with Gasteiger partial charge >= 0.3 is 6.03 Å². The number of unbranched alkanes of at least 4 members (excludes halogenated alkanes) is 1. The van der Waals surface area contributed by atoms with E-state index in [1.54, 1.807) is 26.4 Å². The lowest BCUT2D eigenvalue weighted by atomic mass is 10.1. The van der Waals surface area contributed by atoms with E-state index in [-0.39, 0.29) is 6.03 Å². The lowest BCUT2D eigenvalue weighted by Crippen LogP contribution is -2.29. The number of rotatable bonds is 8. The number of aryl methyl sites for hydroxylation is 1. The molecule has 0 spiro atoms. The molecule has 0 bridgehead atoms. The SMILES string of the molecule is COc1cccc(OC)c1NC(=O)NCCCCc1ccccc1. The second kappa shape index (κ2) is 9.45. The first-order valence-corrected chi connectivity index (χ1v) is 8.04. The molecule has 0 unspecified atom stereocenters. The van der Waals surface area contributed by atoms with Gasteiger partial charge in [0.15, 0.2) is 0 Å². The molecular weight excluding hydrogens is 304 g/mol. The largest absolute Gasteiger partial charge is 0.494 e. The van der Waals surface area contributed by atoms with E-state index in [9.17, 15) is 4.79 Å². The smallest absolute Gasteiger partial charge is 0.319 e. The van der Waals surface area contributed by atoms with Crippen molar-refractivity contribution in [2.75, 3.05) is 26.1 Å². The lowest BCUT2D eigenvalue weighted by molar-refractivity contribution is 0.251. The maximum atomic E-state index is 12.0. The monoisotopic (exact) mass is 328 g/mol. The van der Waals surface area contributed by atoms with Gasteiger partial charge in [-0.3, -0.25) is 0 Å². The summed E-state index contributed by atoms with van der Waals surface area (Å²) in [5, 5.41) is 5.65. The topological polar surface area (TPSA) is 59.6 Å². The highest BCUT2D eigenvalue weighted by molar-refractivity contribution is 5.92. The summed E-state index contributed by atoms with van der Waals surface area (Å²) in [6, 6.07) is 15.4. The van der Waals surface area contributed by atoms with Crippen molar-refractivity contribution < 1.29 is 14.3 Å². The number of benzene rings is 2. The van der Waals surface area contributed by atoms with Crippen molar-refractivity contribution in [3.05, 3.63) is 54.1 Å². The van der Waals surface area contributed by atoms with Crippen LogP contribution in [0.15, 0.2) is 48.5 Å². The first-order valence-electron chi connectivity index (χ1n) is 8.04. The summed E-state index contributed by atoms with van der Waals surface area (Å²) in [4.78, 5) is 12.0. The Bertz CT molecular complexity index is 622. The molecule has 2 amide bonds. The molecule has 0 aromatic heterocycles. The van der Waals surface area contributed by atoms with Crippen LogP contribution >= 0.6 is 0 Å². The summed E-state index contributed by atoms with van der Waals surface area (Å²) in [7, 11) is 3.11.